The summed E-state index contributed by atoms with van der Waals surface area (Å²) >= 11 is 0. The first-order valence-corrected chi connectivity index (χ1v) is 8.68. The quantitative estimate of drug-likeness (QED) is 0.708. The maximum Gasteiger partial charge on any atom is 0.411 e. The Morgan fingerprint density at radius 1 is 1.07 bits per heavy atom. The lowest BCUT2D eigenvalue weighted by molar-refractivity contribution is 0.00822. The fraction of sp³-hybridized carbons (Fsp3) is 0.421. The van der Waals surface area contributed by atoms with Crippen LogP contribution >= 0.6 is 0 Å². The van der Waals surface area contributed by atoms with Crippen molar-refractivity contribution in [3.05, 3.63) is 48.8 Å². The lowest BCUT2D eigenvalue weighted by Crippen LogP contribution is -2.52. The summed E-state index contributed by atoms with van der Waals surface area (Å²) in [5.41, 5.74) is 5.53. The van der Waals surface area contributed by atoms with Gasteiger partial charge in [0.2, 0.25) is 11.8 Å². The van der Waals surface area contributed by atoms with Crippen molar-refractivity contribution in [1.29, 1.82) is 0 Å². The van der Waals surface area contributed by atoms with Crippen LogP contribution in [0, 0.1) is 0 Å². The van der Waals surface area contributed by atoms with Crippen LogP contribution in [-0.4, -0.2) is 52.5 Å². The van der Waals surface area contributed by atoms with E-state index in [0.29, 0.717) is 11.8 Å². The Hall–Kier alpha value is -2.87. The van der Waals surface area contributed by atoms with Gasteiger partial charge in [0, 0.05) is 24.5 Å². The molecule has 1 amide bonds. The van der Waals surface area contributed by atoms with Gasteiger partial charge in [0.25, 0.3) is 0 Å². The number of ether oxygens (including phenoxy) is 3. The number of amides is 1. The molecule has 0 fully saturated rings. The molecule has 0 radical (unpaired) electrons. The highest BCUT2D eigenvalue weighted by Gasteiger charge is 2.27. The molecule has 0 aliphatic heterocycles. The van der Waals surface area contributed by atoms with Crippen LogP contribution in [0.25, 0.3) is 0 Å². The first-order valence-electron chi connectivity index (χ1n) is 8.68. The van der Waals surface area contributed by atoms with Gasteiger partial charge in [-0.2, -0.15) is 0 Å². The molecule has 8 heteroatoms. The molecule has 2 aromatic heterocycles. The van der Waals surface area contributed by atoms with Gasteiger partial charge in [-0.05, 0) is 32.9 Å². The Morgan fingerprint density at radius 3 is 2.19 bits per heavy atom. The lowest BCUT2D eigenvalue weighted by Gasteiger charge is -2.31. The standard InChI is InChI=1S/C19H26N4O4/c1-19(2,3)27-18(24)23(12-13-25-16-8-4-6-10-21-16)15(20)14-26-17-9-5-7-11-22-17/h4-11,15H,12-14,20H2,1-3H3. The Balaban J connectivity index is 1.95. The zero-order valence-electron chi connectivity index (χ0n) is 15.9. The largest absolute Gasteiger partial charge is 0.476 e. The predicted molar refractivity (Wildman–Crippen MR) is 100 cm³/mol. The van der Waals surface area contributed by atoms with Gasteiger partial charge in [-0.25, -0.2) is 14.8 Å². The molecule has 8 nitrogen and oxygen atoms in total. The van der Waals surface area contributed by atoms with Crippen LogP contribution in [0.3, 0.4) is 0 Å². The van der Waals surface area contributed by atoms with E-state index < -0.39 is 17.9 Å². The number of nitrogens with zero attached hydrogens (tertiary/aromatic N) is 3. The van der Waals surface area contributed by atoms with Gasteiger partial charge < -0.3 is 19.9 Å². The molecule has 0 bridgehead atoms. The van der Waals surface area contributed by atoms with E-state index in [4.69, 9.17) is 19.9 Å². The van der Waals surface area contributed by atoms with Crippen molar-refractivity contribution < 1.29 is 19.0 Å². The minimum Gasteiger partial charge on any atom is -0.476 e. The second kappa shape index (κ2) is 9.72. The van der Waals surface area contributed by atoms with Gasteiger partial charge in [0.05, 0.1) is 6.54 Å². The number of pyridine rings is 2. The summed E-state index contributed by atoms with van der Waals surface area (Å²) in [4.78, 5) is 22.1. The van der Waals surface area contributed by atoms with E-state index >= 15 is 0 Å². The summed E-state index contributed by atoms with van der Waals surface area (Å²) in [7, 11) is 0. The molecule has 0 aliphatic rings. The third kappa shape index (κ3) is 7.49. The second-order valence-corrected chi connectivity index (χ2v) is 6.74. The molecule has 2 heterocycles. The van der Waals surface area contributed by atoms with E-state index in [-0.39, 0.29) is 19.8 Å². The average Bonchev–Trinajstić information content (AvgIpc) is 2.63. The van der Waals surface area contributed by atoms with Crippen LogP contribution < -0.4 is 15.2 Å². The van der Waals surface area contributed by atoms with Crippen LogP contribution in [0.4, 0.5) is 4.79 Å². The molecular formula is C19H26N4O4. The monoisotopic (exact) mass is 374 g/mol. The Labute approximate surface area is 159 Å². The topological polar surface area (TPSA) is 99.8 Å². The van der Waals surface area contributed by atoms with E-state index in [2.05, 4.69) is 9.97 Å². The van der Waals surface area contributed by atoms with E-state index in [1.807, 2.05) is 6.07 Å². The van der Waals surface area contributed by atoms with Crippen molar-refractivity contribution in [2.45, 2.75) is 32.5 Å². The highest BCUT2D eigenvalue weighted by molar-refractivity contribution is 5.68. The van der Waals surface area contributed by atoms with Crippen LogP contribution in [0.5, 0.6) is 11.8 Å². The molecule has 27 heavy (non-hydrogen) atoms. The van der Waals surface area contributed by atoms with Crippen LogP contribution in [0.1, 0.15) is 20.8 Å². The Bertz CT molecular complexity index is 692. The minimum atomic E-state index is -0.728. The van der Waals surface area contributed by atoms with E-state index in [1.165, 1.54) is 4.90 Å². The number of hydrogen-bond acceptors (Lipinski definition) is 7. The summed E-state index contributed by atoms with van der Waals surface area (Å²) in [6.07, 6.45) is 1.99. The number of carbonyl (C=O) groups excluding carboxylic acids is 1. The third-order valence-corrected chi connectivity index (χ3v) is 3.29. The summed E-state index contributed by atoms with van der Waals surface area (Å²) in [5.74, 6) is 0.904. The minimum absolute atomic E-state index is 0.0693. The van der Waals surface area contributed by atoms with E-state index in [1.54, 1.807) is 63.5 Å². The Morgan fingerprint density at radius 2 is 1.67 bits per heavy atom. The number of aromatic nitrogens is 2. The molecular weight excluding hydrogens is 348 g/mol. The molecule has 0 spiro atoms. The number of hydrogen-bond donors (Lipinski definition) is 1. The van der Waals surface area contributed by atoms with E-state index in [0.717, 1.165) is 0 Å². The fourth-order valence-electron chi connectivity index (χ4n) is 2.09. The van der Waals surface area contributed by atoms with Crippen molar-refractivity contribution in [2.24, 2.45) is 5.73 Å². The first kappa shape index (κ1) is 20.4. The van der Waals surface area contributed by atoms with E-state index in [9.17, 15) is 4.79 Å². The average molecular weight is 374 g/mol. The number of rotatable bonds is 8. The molecule has 146 valence electrons. The van der Waals surface area contributed by atoms with Crippen LogP contribution in [-0.2, 0) is 4.74 Å². The highest BCUT2D eigenvalue weighted by Crippen LogP contribution is 2.12. The first-order chi connectivity index (χ1) is 12.8. The van der Waals surface area contributed by atoms with Gasteiger partial charge in [-0.15, -0.1) is 0 Å². The van der Waals surface area contributed by atoms with Gasteiger partial charge in [-0.3, -0.25) is 4.90 Å². The molecule has 0 aliphatic carbocycles. The third-order valence-electron chi connectivity index (χ3n) is 3.29. The van der Waals surface area contributed by atoms with Crippen molar-refractivity contribution in [2.75, 3.05) is 19.8 Å². The lowest BCUT2D eigenvalue weighted by atomic mass is 10.2. The summed E-state index contributed by atoms with van der Waals surface area (Å²) in [6, 6.07) is 10.7. The van der Waals surface area contributed by atoms with Crippen LogP contribution in [0.2, 0.25) is 0 Å². The van der Waals surface area contributed by atoms with Crippen molar-refractivity contribution in [1.82, 2.24) is 14.9 Å². The van der Waals surface area contributed by atoms with Gasteiger partial charge >= 0.3 is 6.09 Å². The maximum atomic E-state index is 12.5. The summed E-state index contributed by atoms with van der Waals surface area (Å²) in [5, 5.41) is 0. The zero-order chi connectivity index (χ0) is 19.7. The van der Waals surface area contributed by atoms with Crippen molar-refractivity contribution in [3.8, 4) is 11.8 Å². The van der Waals surface area contributed by atoms with Gasteiger partial charge in [0.15, 0.2) is 0 Å². The second-order valence-electron chi connectivity index (χ2n) is 6.74. The normalized spacial score (nSPS) is 12.1. The molecule has 2 rings (SSSR count). The molecule has 1 unspecified atom stereocenters. The molecule has 2 N–H and O–H groups in total. The van der Waals surface area contributed by atoms with Gasteiger partial charge in [-0.1, -0.05) is 12.1 Å². The molecule has 0 saturated carbocycles. The van der Waals surface area contributed by atoms with Crippen LogP contribution in [0.15, 0.2) is 48.8 Å². The number of carbonyl (C=O) groups is 1. The SMILES string of the molecule is CC(C)(C)OC(=O)N(CCOc1ccccn1)C(N)COc1ccccn1. The van der Waals surface area contributed by atoms with Gasteiger partial charge in [0.1, 0.15) is 25.0 Å². The smallest absolute Gasteiger partial charge is 0.411 e. The Kier molecular flexibility index (Phi) is 7.36. The fourth-order valence-corrected chi connectivity index (χ4v) is 2.09. The molecule has 0 saturated heterocycles. The number of nitrogens with two attached hydrogens (primary N) is 1. The maximum absolute atomic E-state index is 12.5. The molecule has 0 aromatic carbocycles. The van der Waals surface area contributed by atoms with Crippen molar-refractivity contribution in [3.63, 3.8) is 0 Å². The highest BCUT2D eigenvalue weighted by atomic mass is 16.6. The predicted octanol–water partition coefficient (Wildman–Crippen LogP) is 2.46. The summed E-state index contributed by atoms with van der Waals surface area (Å²) in [6.45, 7) is 5.89. The zero-order valence-corrected chi connectivity index (χ0v) is 15.9. The van der Waals surface area contributed by atoms with Crippen molar-refractivity contribution >= 4 is 6.09 Å². The molecule has 1 atom stereocenters. The molecule has 2 aromatic rings. The summed E-state index contributed by atoms with van der Waals surface area (Å²) < 4.78 is 16.6.